The Kier molecular flexibility index (Phi) is 2.64. The molecule has 3 nitrogen and oxygen atoms in total. The lowest BCUT2D eigenvalue weighted by molar-refractivity contribution is 0.0443. The summed E-state index contributed by atoms with van der Waals surface area (Å²) in [6, 6.07) is 5.04. The van der Waals surface area contributed by atoms with Gasteiger partial charge in [-0.2, -0.15) is 0 Å². The van der Waals surface area contributed by atoms with Gasteiger partial charge in [0.25, 0.3) is 0 Å². The molecule has 0 bridgehead atoms. The van der Waals surface area contributed by atoms with Gasteiger partial charge in [-0.3, -0.25) is 0 Å². The number of hydrogen-bond donors (Lipinski definition) is 0. The number of ether oxygens (including phenoxy) is 1. The normalized spacial score (nSPS) is 13.8. The highest BCUT2D eigenvalue weighted by Gasteiger charge is 2.31. The zero-order valence-corrected chi connectivity index (χ0v) is 11.0. The average molecular weight is 244 g/mol. The molecule has 4 heteroatoms. The van der Waals surface area contributed by atoms with Crippen LogP contribution in [0.3, 0.4) is 0 Å². The van der Waals surface area contributed by atoms with E-state index in [0.29, 0.717) is 16.7 Å². The molecule has 1 aliphatic heterocycles. The van der Waals surface area contributed by atoms with Crippen LogP contribution in [0.25, 0.3) is 0 Å². The van der Waals surface area contributed by atoms with Gasteiger partial charge in [0.05, 0.1) is 11.1 Å². The standard InChI is InChI=1S/C13H12O3Si/c1-17(2,3)8-7-9-5-4-6-10-11(9)13(15)16-12(10)14/h4-6H,1-3H3. The van der Waals surface area contributed by atoms with Crippen LogP contribution in [0.2, 0.25) is 19.6 Å². The molecule has 0 atom stereocenters. The van der Waals surface area contributed by atoms with Crippen LogP contribution >= 0.6 is 0 Å². The van der Waals surface area contributed by atoms with Crippen molar-refractivity contribution in [3.05, 3.63) is 34.9 Å². The van der Waals surface area contributed by atoms with E-state index in [1.807, 2.05) is 0 Å². The van der Waals surface area contributed by atoms with Crippen LogP contribution in [0, 0.1) is 11.5 Å². The van der Waals surface area contributed by atoms with E-state index in [1.165, 1.54) is 0 Å². The van der Waals surface area contributed by atoms with Gasteiger partial charge in [0, 0.05) is 5.56 Å². The van der Waals surface area contributed by atoms with Crippen LogP contribution in [0.5, 0.6) is 0 Å². The maximum Gasteiger partial charge on any atom is 0.348 e. The highest BCUT2D eigenvalue weighted by Crippen LogP contribution is 2.23. The minimum Gasteiger partial charge on any atom is -0.386 e. The molecule has 1 heterocycles. The first-order valence-electron chi connectivity index (χ1n) is 5.31. The fourth-order valence-corrected chi connectivity index (χ4v) is 2.00. The van der Waals surface area contributed by atoms with Crippen molar-refractivity contribution in [1.29, 1.82) is 0 Å². The lowest BCUT2D eigenvalue weighted by Gasteiger charge is -2.04. The van der Waals surface area contributed by atoms with Gasteiger partial charge >= 0.3 is 11.9 Å². The van der Waals surface area contributed by atoms with Crippen molar-refractivity contribution >= 4 is 20.0 Å². The Morgan fingerprint density at radius 3 is 2.47 bits per heavy atom. The summed E-state index contributed by atoms with van der Waals surface area (Å²) in [6.45, 7) is 6.35. The molecule has 0 aromatic heterocycles. The number of benzene rings is 1. The van der Waals surface area contributed by atoms with Crippen molar-refractivity contribution in [2.75, 3.05) is 0 Å². The van der Waals surface area contributed by atoms with Crippen molar-refractivity contribution in [3.63, 3.8) is 0 Å². The van der Waals surface area contributed by atoms with Crippen LogP contribution in [0.4, 0.5) is 0 Å². The Bertz CT molecular complexity index is 571. The van der Waals surface area contributed by atoms with E-state index in [9.17, 15) is 9.59 Å². The summed E-state index contributed by atoms with van der Waals surface area (Å²) in [4.78, 5) is 22.9. The summed E-state index contributed by atoms with van der Waals surface area (Å²) in [5.41, 5.74) is 4.38. The first-order valence-corrected chi connectivity index (χ1v) is 8.81. The van der Waals surface area contributed by atoms with Gasteiger partial charge in [-0.05, 0) is 12.1 Å². The van der Waals surface area contributed by atoms with Crippen molar-refractivity contribution in [3.8, 4) is 11.5 Å². The van der Waals surface area contributed by atoms with E-state index in [-0.39, 0.29) is 0 Å². The van der Waals surface area contributed by atoms with Gasteiger partial charge in [-0.1, -0.05) is 31.6 Å². The predicted molar refractivity (Wildman–Crippen MR) is 66.4 cm³/mol. The number of hydrogen-bond acceptors (Lipinski definition) is 3. The first-order chi connectivity index (χ1) is 7.88. The van der Waals surface area contributed by atoms with Crippen molar-refractivity contribution in [1.82, 2.24) is 0 Å². The minimum absolute atomic E-state index is 0.309. The lowest BCUT2D eigenvalue weighted by atomic mass is 10.0. The zero-order valence-electron chi connectivity index (χ0n) is 9.96. The minimum atomic E-state index is -1.51. The topological polar surface area (TPSA) is 43.4 Å². The number of fused-ring (bicyclic) bond motifs is 1. The first kappa shape index (κ1) is 11.6. The maximum atomic E-state index is 11.5. The molecule has 0 unspecified atom stereocenters. The van der Waals surface area contributed by atoms with Gasteiger partial charge in [0.1, 0.15) is 8.07 Å². The number of esters is 2. The Morgan fingerprint density at radius 2 is 1.82 bits per heavy atom. The number of rotatable bonds is 0. The van der Waals surface area contributed by atoms with E-state index < -0.39 is 20.0 Å². The third-order valence-corrected chi connectivity index (χ3v) is 3.12. The smallest absolute Gasteiger partial charge is 0.348 e. The molecule has 1 aliphatic rings. The molecule has 0 spiro atoms. The third-order valence-electron chi connectivity index (χ3n) is 2.25. The third kappa shape index (κ3) is 2.29. The molecule has 17 heavy (non-hydrogen) atoms. The fraction of sp³-hybridized carbons (Fsp3) is 0.231. The molecular weight excluding hydrogens is 232 g/mol. The predicted octanol–water partition coefficient (Wildman–Crippen LogP) is 2.23. The Hall–Kier alpha value is -1.86. The van der Waals surface area contributed by atoms with Crippen LogP contribution in [-0.2, 0) is 4.74 Å². The molecule has 2 rings (SSSR count). The number of cyclic esters (lactones) is 2. The quantitative estimate of drug-likeness (QED) is 0.304. The molecule has 1 aromatic rings. The highest BCUT2D eigenvalue weighted by atomic mass is 28.3. The van der Waals surface area contributed by atoms with E-state index in [0.717, 1.165) is 0 Å². The zero-order chi connectivity index (χ0) is 12.6. The van der Waals surface area contributed by atoms with Crippen LogP contribution < -0.4 is 0 Å². The lowest BCUT2D eigenvalue weighted by Crippen LogP contribution is -2.16. The molecule has 1 aromatic carbocycles. The average Bonchev–Trinajstić information content (AvgIpc) is 2.52. The highest BCUT2D eigenvalue weighted by molar-refractivity contribution is 6.83. The molecule has 86 valence electrons. The molecular formula is C13H12O3Si. The van der Waals surface area contributed by atoms with Crippen molar-refractivity contribution < 1.29 is 14.3 Å². The van der Waals surface area contributed by atoms with Crippen molar-refractivity contribution in [2.45, 2.75) is 19.6 Å². The summed E-state index contributed by atoms with van der Waals surface area (Å²) >= 11 is 0. The molecule has 0 radical (unpaired) electrons. The summed E-state index contributed by atoms with van der Waals surface area (Å²) in [5, 5.41) is 0. The van der Waals surface area contributed by atoms with Crippen molar-refractivity contribution in [2.24, 2.45) is 0 Å². The summed E-state index contributed by atoms with van der Waals surface area (Å²) in [5.74, 6) is 1.82. The maximum absolute atomic E-state index is 11.5. The van der Waals surface area contributed by atoms with E-state index in [2.05, 4.69) is 35.8 Å². The second-order valence-electron chi connectivity index (χ2n) is 4.91. The molecule has 0 saturated heterocycles. The Labute approximate surface area is 101 Å². The summed E-state index contributed by atoms with van der Waals surface area (Å²) < 4.78 is 4.57. The van der Waals surface area contributed by atoms with Gasteiger partial charge in [-0.25, -0.2) is 9.59 Å². The summed E-state index contributed by atoms with van der Waals surface area (Å²) in [7, 11) is -1.51. The second-order valence-corrected chi connectivity index (χ2v) is 9.66. The Balaban J connectivity index is 2.54. The second kappa shape index (κ2) is 3.86. The molecule has 0 N–H and O–H groups in total. The van der Waals surface area contributed by atoms with Gasteiger partial charge < -0.3 is 4.74 Å². The SMILES string of the molecule is C[Si](C)(C)C#Cc1cccc2c1C(=O)OC2=O. The fourth-order valence-electron chi connectivity index (χ4n) is 1.49. The van der Waals surface area contributed by atoms with E-state index in [1.54, 1.807) is 18.2 Å². The van der Waals surface area contributed by atoms with E-state index >= 15 is 0 Å². The van der Waals surface area contributed by atoms with Gasteiger partial charge in [-0.15, -0.1) is 5.54 Å². The van der Waals surface area contributed by atoms with Crippen LogP contribution in [0.1, 0.15) is 26.3 Å². The largest absolute Gasteiger partial charge is 0.386 e. The van der Waals surface area contributed by atoms with Gasteiger partial charge in [0.2, 0.25) is 0 Å². The Morgan fingerprint density at radius 1 is 1.12 bits per heavy atom. The molecule has 0 aliphatic carbocycles. The monoisotopic (exact) mass is 244 g/mol. The number of carbonyl (C=O) groups is 2. The van der Waals surface area contributed by atoms with Crippen LogP contribution in [0.15, 0.2) is 18.2 Å². The molecule has 0 amide bonds. The van der Waals surface area contributed by atoms with Crippen LogP contribution in [-0.4, -0.2) is 20.0 Å². The molecule has 0 fully saturated rings. The van der Waals surface area contributed by atoms with Gasteiger partial charge in [0.15, 0.2) is 0 Å². The number of carbonyl (C=O) groups excluding carboxylic acids is 2. The summed E-state index contributed by atoms with van der Waals surface area (Å²) in [6.07, 6.45) is 0. The van der Waals surface area contributed by atoms with E-state index in [4.69, 9.17) is 0 Å². The molecule has 0 saturated carbocycles.